The number of nitrogens with zero attached hydrogens (tertiary/aromatic N) is 3. The number of nitrogens with one attached hydrogen (secondary N) is 1. The van der Waals surface area contributed by atoms with Gasteiger partial charge in [0, 0.05) is 19.7 Å². The first kappa shape index (κ1) is 15.7. The Morgan fingerprint density at radius 3 is 2.87 bits per heavy atom. The maximum atomic E-state index is 12.1. The van der Waals surface area contributed by atoms with E-state index in [1.54, 1.807) is 6.20 Å². The van der Waals surface area contributed by atoms with Crippen molar-refractivity contribution < 1.29 is 4.79 Å². The molecule has 0 bridgehead atoms. The third-order valence-electron chi connectivity index (χ3n) is 4.52. The van der Waals surface area contributed by atoms with Crippen molar-refractivity contribution in [2.24, 2.45) is 13.0 Å². The van der Waals surface area contributed by atoms with Gasteiger partial charge >= 0.3 is 0 Å². The monoisotopic (exact) mass is 312 g/mol. The van der Waals surface area contributed by atoms with Crippen LogP contribution in [0.2, 0.25) is 0 Å². The second-order valence-corrected chi connectivity index (χ2v) is 6.34. The first-order chi connectivity index (χ1) is 11.2. The summed E-state index contributed by atoms with van der Waals surface area (Å²) in [5.41, 5.74) is 2.72. The van der Waals surface area contributed by atoms with Gasteiger partial charge in [-0.05, 0) is 37.0 Å². The number of aryl methyl sites for hydroxylation is 1. The summed E-state index contributed by atoms with van der Waals surface area (Å²) in [7, 11) is 1.90. The maximum absolute atomic E-state index is 12.1. The Bertz CT molecular complexity index is 644. The van der Waals surface area contributed by atoms with E-state index in [2.05, 4.69) is 15.4 Å². The van der Waals surface area contributed by atoms with Gasteiger partial charge in [-0.25, -0.2) is 0 Å². The third kappa shape index (κ3) is 4.18. The van der Waals surface area contributed by atoms with Crippen molar-refractivity contribution >= 4 is 5.91 Å². The van der Waals surface area contributed by atoms with Crippen LogP contribution < -0.4 is 5.32 Å². The van der Waals surface area contributed by atoms with Crippen LogP contribution in [0.25, 0.3) is 11.4 Å². The Kier molecular flexibility index (Phi) is 5.05. The summed E-state index contributed by atoms with van der Waals surface area (Å²) in [6.45, 7) is 0.478. The number of pyridine rings is 1. The fraction of sp³-hybridized carbons (Fsp3) is 0.500. The summed E-state index contributed by atoms with van der Waals surface area (Å²) >= 11 is 0. The Hall–Kier alpha value is -2.17. The van der Waals surface area contributed by atoms with Gasteiger partial charge in [0.25, 0.3) is 0 Å². The summed E-state index contributed by atoms with van der Waals surface area (Å²) in [5.74, 6) is 0.707. The van der Waals surface area contributed by atoms with Crippen LogP contribution >= 0.6 is 0 Å². The Labute approximate surface area is 137 Å². The molecule has 0 saturated heterocycles. The average molecular weight is 312 g/mol. The second-order valence-electron chi connectivity index (χ2n) is 6.34. The molecule has 0 aromatic carbocycles. The van der Waals surface area contributed by atoms with Crippen molar-refractivity contribution in [1.82, 2.24) is 20.1 Å². The molecule has 5 nitrogen and oxygen atoms in total. The Balaban J connectivity index is 1.55. The lowest BCUT2D eigenvalue weighted by Gasteiger charge is -2.20. The van der Waals surface area contributed by atoms with Crippen LogP contribution in [0.1, 0.15) is 44.2 Å². The van der Waals surface area contributed by atoms with Gasteiger partial charge in [0.05, 0.1) is 23.6 Å². The fourth-order valence-electron chi connectivity index (χ4n) is 3.28. The summed E-state index contributed by atoms with van der Waals surface area (Å²) < 4.78 is 1.81. The van der Waals surface area contributed by atoms with Crippen molar-refractivity contribution in [2.75, 3.05) is 0 Å². The molecule has 2 aromatic rings. The molecule has 5 heteroatoms. The van der Waals surface area contributed by atoms with Gasteiger partial charge in [0.15, 0.2) is 0 Å². The van der Waals surface area contributed by atoms with E-state index in [0.717, 1.165) is 17.1 Å². The predicted octanol–water partition coefficient (Wildman–Crippen LogP) is 3.07. The van der Waals surface area contributed by atoms with E-state index < -0.39 is 0 Å². The topological polar surface area (TPSA) is 59.8 Å². The molecule has 3 rings (SSSR count). The van der Waals surface area contributed by atoms with E-state index in [4.69, 9.17) is 0 Å². The lowest BCUT2D eigenvalue weighted by Crippen LogP contribution is -2.26. The number of carbonyl (C=O) groups is 1. The molecule has 1 aliphatic rings. The first-order valence-corrected chi connectivity index (χ1v) is 8.43. The van der Waals surface area contributed by atoms with Crippen LogP contribution in [0.3, 0.4) is 0 Å². The van der Waals surface area contributed by atoms with Crippen molar-refractivity contribution in [3.63, 3.8) is 0 Å². The number of rotatable bonds is 5. The largest absolute Gasteiger partial charge is 0.350 e. The molecule has 0 atom stereocenters. The van der Waals surface area contributed by atoms with E-state index in [1.165, 1.54) is 32.1 Å². The Morgan fingerprint density at radius 1 is 1.30 bits per heavy atom. The van der Waals surface area contributed by atoms with Gasteiger partial charge in [0.1, 0.15) is 0 Å². The van der Waals surface area contributed by atoms with Crippen molar-refractivity contribution in [2.45, 2.75) is 45.1 Å². The van der Waals surface area contributed by atoms with E-state index in [9.17, 15) is 4.79 Å². The minimum Gasteiger partial charge on any atom is -0.350 e. The minimum absolute atomic E-state index is 0.141. The highest BCUT2D eigenvalue weighted by atomic mass is 16.1. The average Bonchev–Trinajstić information content (AvgIpc) is 2.96. The lowest BCUT2D eigenvalue weighted by atomic mass is 9.87. The highest BCUT2D eigenvalue weighted by Crippen LogP contribution is 2.26. The highest BCUT2D eigenvalue weighted by molar-refractivity contribution is 5.76. The molecule has 2 aromatic heterocycles. The Morgan fingerprint density at radius 2 is 2.13 bits per heavy atom. The third-order valence-corrected chi connectivity index (χ3v) is 4.52. The molecule has 0 unspecified atom stereocenters. The number of hydrogen-bond donors (Lipinski definition) is 1. The van der Waals surface area contributed by atoms with Gasteiger partial charge in [-0.1, -0.05) is 25.3 Å². The molecular weight excluding hydrogens is 288 g/mol. The van der Waals surface area contributed by atoms with Crippen LogP contribution in [0.15, 0.2) is 30.5 Å². The van der Waals surface area contributed by atoms with Crippen molar-refractivity contribution in [3.05, 3.63) is 36.2 Å². The molecular formula is C18H24N4O. The molecule has 1 amide bonds. The minimum atomic E-state index is 0.141. The van der Waals surface area contributed by atoms with Crippen LogP contribution in [-0.2, 0) is 18.4 Å². The van der Waals surface area contributed by atoms with Crippen LogP contribution in [0, 0.1) is 5.92 Å². The fourth-order valence-corrected chi connectivity index (χ4v) is 3.28. The first-order valence-electron chi connectivity index (χ1n) is 8.43. The second kappa shape index (κ2) is 7.40. The zero-order chi connectivity index (χ0) is 16.1. The summed E-state index contributed by atoms with van der Waals surface area (Å²) in [4.78, 5) is 16.4. The molecule has 122 valence electrons. The van der Waals surface area contributed by atoms with Gasteiger partial charge in [-0.2, -0.15) is 5.10 Å². The summed E-state index contributed by atoms with van der Waals surface area (Å²) in [5, 5.41) is 7.47. The number of carbonyl (C=O) groups excluding carboxylic acids is 1. The molecule has 0 spiro atoms. The zero-order valence-electron chi connectivity index (χ0n) is 13.7. The summed E-state index contributed by atoms with van der Waals surface area (Å²) in [6.07, 6.45) is 8.68. The van der Waals surface area contributed by atoms with Gasteiger partial charge < -0.3 is 5.32 Å². The van der Waals surface area contributed by atoms with E-state index >= 15 is 0 Å². The standard InChI is InChI=1S/C18H24N4O/c1-22-17(16-9-5-6-10-19-16)12-15(21-22)13-20-18(23)11-14-7-3-2-4-8-14/h5-6,9-10,12,14H,2-4,7-8,11,13H2,1H3,(H,20,23). The van der Waals surface area contributed by atoms with Gasteiger partial charge in [-0.15, -0.1) is 0 Å². The molecule has 0 radical (unpaired) electrons. The van der Waals surface area contributed by atoms with Crippen LogP contribution in [0.4, 0.5) is 0 Å². The van der Waals surface area contributed by atoms with Crippen LogP contribution in [0.5, 0.6) is 0 Å². The van der Waals surface area contributed by atoms with E-state index in [-0.39, 0.29) is 5.91 Å². The molecule has 0 aliphatic heterocycles. The van der Waals surface area contributed by atoms with Crippen molar-refractivity contribution in [3.8, 4) is 11.4 Å². The lowest BCUT2D eigenvalue weighted by molar-refractivity contribution is -0.122. The van der Waals surface area contributed by atoms with E-state index in [0.29, 0.717) is 18.9 Å². The molecule has 1 saturated carbocycles. The van der Waals surface area contributed by atoms with E-state index in [1.807, 2.05) is 36.0 Å². The molecule has 1 fully saturated rings. The number of hydrogen-bond acceptors (Lipinski definition) is 3. The normalized spacial score (nSPS) is 15.5. The van der Waals surface area contributed by atoms with Crippen LogP contribution in [-0.4, -0.2) is 20.7 Å². The van der Waals surface area contributed by atoms with Crippen molar-refractivity contribution in [1.29, 1.82) is 0 Å². The number of aromatic nitrogens is 3. The highest BCUT2D eigenvalue weighted by Gasteiger charge is 2.17. The molecule has 1 aliphatic carbocycles. The molecule has 2 heterocycles. The van der Waals surface area contributed by atoms with Gasteiger partial charge in [-0.3, -0.25) is 14.5 Å². The molecule has 1 N–H and O–H groups in total. The molecule has 23 heavy (non-hydrogen) atoms. The SMILES string of the molecule is Cn1nc(CNC(=O)CC2CCCCC2)cc1-c1ccccn1. The van der Waals surface area contributed by atoms with Gasteiger partial charge in [0.2, 0.25) is 5.91 Å². The predicted molar refractivity (Wildman–Crippen MR) is 89.5 cm³/mol. The number of amides is 1. The summed E-state index contributed by atoms with van der Waals surface area (Å²) in [6, 6.07) is 7.80. The quantitative estimate of drug-likeness (QED) is 0.923. The smallest absolute Gasteiger partial charge is 0.220 e. The zero-order valence-corrected chi connectivity index (χ0v) is 13.7. The maximum Gasteiger partial charge on any atom is 0.220 e.